The summed E-state index contributed by atoms with van der Waals surface area (Å²) in [5.74, 6) is 0.0551. The maximum absolute atomic E-state index is 13.7. The number of carbonyl (C=O) groups is 2. The van der Waals surface area contributed by atoms with Gasteiger partial charge in [0.15, 0.2) is 0 Å². The van der Waals surface area contributed by atoms with Crippen LogP contribution < -0.4 is 10.2 Å². The van der Waals surface area contributed by atoms with Crippen LogP contribution in [0.1, 0.15) is 39.0 Å². The Kier molecular flexibility index (Phi) is 9.74. The highest BCUT2D eigenvalue weighted by molar-refractivity contribution is 6.42. The van der Waals surface area contributed by atoms with Gasteiger partial charge in [0.05, 0.1) is 15.7 Å². The first-order chi connectivity index (χ1) is 19.9. The van der Waals surface area contributed by atoms with Gasteiger partial charge in [-0.3, -0.25) is 9.59 Å². The normalized spacial score (nSPS) is 17.0. The van der Waals surface area contributed by atoms with Gasteiger partial charge in [-0.2, -0.15) is 0 Å². The van der Waals surface area contributed by atoms with Gasteiger partial charge in [0.2, 0.25) is 11.8 Å². The number of piperidine rings is 2. The second kappa shape index (κ2) is 13.6. The Bertz CT molecular complexity index is 1300. The van der Waals surface area contributed by atoms with Crippen LogP contribution in [0.3, 0.4) is 0 Å². The van der Waals surface area contributed by atoms with E-state index in [2.05, 4.69) is 37.9 Å². The van der Waals surface area contributed by atoms with Crippen molar-refractivity contribution in [3.63, 3.8) is 0 Å². The number of aromatic nitrogens is 4. The number of nitrogens with one attached hydrogen (secondary N) is 1. The molecule has 0 saturated carbocycles. The zero-order chi connectivity index (χ0) is 28.8. The first-order valence-electron chi connectivity index (χ1n) is 14.2. The molecule has 0 aliphatic carbocycles. The van der Waals surface area contributed by atoms with Crippen molar-refractivity contribution in [3.8, 4) is 5.69 Å². The molecular weight excluding hydrogens is 563 g/mol. The summed E-state index contributed by atoms with van der Waals surface area (Å²) in [4.78, 5) is 31.6. The standard InChI is InChI=1S/C29H36Cl2N8O2/c1-21(40)37-17-9-22(10-18-37)29(41)38(26-7-8-27(30)28(31)19-26)14-2-13-36-15-11-24(12-16-36)33-23-3-5-25(6-4-23)39-20-32-34-35-39/h3-8,19-20,22,24,33H,2,9-18H2,1H3. The van der Waals surface area contributed by atoms with Crippen LogP contribution in [0.25, 0.3) is 5.69 Å². The van der Waals surface area contributed by atoms with E-state index in [4.69, 9.17) is 23.2 Å². The van der Waals surface area contributed by atoms with Crippen LogP contribution in [0.4, 0.5) is 11.4 Å². The van der Waals surface area contributed by atoms with Gasteiger partial charge in [0.25, 0.3) is 0 Å². The van der Waals surface area contributed by atoms with Gasteiger partial charge in [0.1, 0.15) is 6.33 Å². The molecule has 3 aromatic rings. The van der Waals surface area contributed by atoms with E-state index < -0.39 is 0 Å². The van der Waals surface area contributed by atoms with Gasteiger partial charge < -0.3 is 20.0 Å². The van der Waals surface area contributed by atoms with Crippen molar-refractivity contribution in [3.05, 3.63) is 58.8 Å². The fraction of sp³-hybridized carbons (Fsp3) is 0.483. The van der Waals surface area contributed by atoms with Gasteiger partial charge in [-0.15, -0.1) is 5.10 Å². The van der Waals surface area contributed by atoms with Crippen molar-refractivity contribution >= 4 is 46.4 Å². The number of hydrogen-bond donors (Lipinski definition) is 1. The quantitative estimate of drug-likeness (QED) is 0.386. The summed E-state index contributed by atoms with van der Waals surface area (Å²) in [7, 11) is 0. The topological polar surface area (TPSA) is 99.5 Å². The first kappa shape index (κ1) is 29.3. The molecule has 2 amide bonds. The van der Waals surface area contributed by atoms with Crippen LogP contribution in [0.2, 0.25) is 10.0 Å². The monoisotopic (exact) mass is 598 g/mol. The Labute approximate surface area is 250 Å². The summed E-state index contributed by atoms with van der Waals surface area (Å²) < 4.78 is 1.63. The largest absolute Gasteiger partial charge is 0.382 e. The second-order valence-corrected chi connectivity index (χ2v) is 11.6. The Hall–Kier alpha value is -3.21. The number of benzene rings is 2. The van der Waals surface area contributed by atoms with Crippen molar-refractivity contribution in [2.45, 2.75) is 45.1 Å². The highest BCUT2D eigenvalue weighted by Gasteiger charge is 2.30. The first-order valence-corrected chi connectivity index (χ1v) is 15.0. The summed E-state index contributed by atoms with van der Waals surface area (Å²) >= 11 is 12.5. The summed E-state index contributed by atoms with van der Waals surface area (Å²) in [6, 6.07) is 13.9. The number of hydrogen-bond acceptors (Lipinski definition) is 7. The molecule has 0 atom stereocenters. The fourth-order valence-corrected chi connectivity index (χ4v) is 5.95. The lowest BCUT2D eigenvalue weighted by molar-refractivity contribution is -0.133. The van der Waals surface area contributed by atoms with E-state index in [1.165, 1.54) is 0 Å². The minimum absolute atomic E-state index is 0.0649. The molecule has 10 nitrogen and oxygen atoms in total. The predicted octanol–water partition coefficient (Wildman–Crippen LogP) is 4.53. The summed E-state index contributed by atoms with van der Waals surface area (Å²) in [6.45, 7) is 6.35. The number of tetrazole rings is 1. The van der Waals surface area contributed by atoms with Crippen LogP contribution in [-0.4, -0.2) is 87.1 Å². The highest BCUT2D eigenvalue weighted by atomic mass is 35.5. The lowest BCUT2D eigenvalue weighted by Gasteiger charge is -2.35. The molecule has 0 radical (unpaired) electrons. The number of halogens is 2. The molecule has 1 aromatic heterocycles. The molecule has 2 aliphatic heterocycles. The molecule has 0 spiro atoms. The summed E-state index contributed by atoms with van der Waals surface area (Å²) in [5, 5.41) is 15.9. The second-order valence-electron chi connectivity index (χ2n) is 10.8. The molecule has 3 heterocycles. The lowest BCUT2D eigenvalue weighted by Crippen LogP contribution is -2.45. The Morgan fingerprint density at radius 1 is 0.976 bits per heavy atom. The lowest BCUT2D eigenvalue weighted by atomic mass is 9.94. The molecule has 5 rings (SSSR count). The van der Waals surface area contributed by atoms with E-state index in [9.17, 15) is 9.59 Å². The third-order valence-corrected chi connectivity index (χ3v) is 8.80. The van der Waals surface area contributed by atoms with Crippen molar-refractivity contribution in [2.75, 3.05) is 49.5 Å². The smallest absolute Gasteiger partial charge is 0.230 e. The average Bonchev–Trinajstić information content (AvgIpc) is 3.53. The zero-order valence-electron chi connectivity index (χ0n) is 23.3. The van der Waals surface area contributed by atoms with Crippen LogP contribution >= 0.6 is 23.2 Å². The summed E-state index contributed by atoms with van der Waals surface area (Å²) in [5.41, 5.74) is 2.78. The number of anilines is 2. The fourth-order valence-electron chi connectivity index (χ4n) is 5.66. The van der Waals surface area contributed by atoms with E-state index in [0.29, 0.717) is 48.6 Å². The molecule has 2 aliphatic rings. The number of likely N-dealkylation sites (tertiary alicyclic amines) is 2. The molecule has 0 bridgehead atoms. The van der Waals surface area contributed by atoms with Crippen molar-refractivity contribution in [2.24, 2.45) is 5.92 Å². The van der Waals surface area contributed by atoms with Crippen molar-refractivity contribution in [1.82, 2.24) is 30.0 Å². The molecule has 2 saturated heterocycles. The van der Waals surface area contributed by atoms with Crippen LogP contribution in [0.15, 0.2) is 48.8 Å². The Morgan fingerprint density at radius 2 is 1.71 bits per heavy atom. The van der Waals surface area contributed by atoms with Crippen LogP contribution in [-0.2, 0) is 9.59 Å². The van der Waals surface area contributed by atoms with Gasteiger partial charge in [-0.05, 0) is 91.5 Å². The van der Waals surface area contributed by atoms with E-state index in [1.54, 1.807) is 30.1 Å². The van der Waals surface area contributed by atoms with Crippen molar-refractivity contribution in [1.29, 1.82) is 0 Å². The molecule has 41 heavy (non-hydrogen) atoms. The summed E-state index contributed by atoms with van der Waals surface area (Å²) in [6.07, 6.45) is 5.90. The molecular formula is C29H36Cl2N8O2. The predicted molar refractivity (Wildman–Crippen MR) is 161 cm³/mol. The Morgan fingerprint density at radius 3 is 2.34 bits per heavy atom. The molecule has 2 fully saturated rings. The molecule has 0 unspecified atom stereocenters. The van der Waals surface area contributed by atoms with Gasteiger partial charge >= 0.3 is 0 Å². The molecule has 12 heteroatoms. The highest BCUT2D eigenvalue weighted by Crippen LogP contribution is 2.30. The maximum atomic E-state index is 13.7. The van der Waals surface area contributed by atoms with E-state index >= 15 is 0 Å². The minimum atomic E-state index is -0.108. The van der Waals surface area contributed by atoms with Crippen molar-refractivity contribution < 1.29 is 9.59 Å². The average molecular weight is 600 g/mol. The number of rotatable bonds is 9. The number of amides is 2. The van der Waals surface area contributed by atoms with Gasteiger partial charge in [0, 0.05) is 63.0 Å². The van der Waals surface area contributed by atoms with E-state index in [1.807, 2.05) is 28.0 Å². The number of carbonyl (C=O) groups excluding carboxylic acids is 2. The van der Waals surface area contributed by atoms with Crippen LogP contribution in [0.5, 0.6) is 0 Å². The SMILES string of the molecule is CC(=O)N1CCC(C(=O)N(CCCN2CCC(Nc3ccc(-n4cnnn4)cc3)CC2)c2ccc(Cl)c(Cl)c2)CC1. The van der Waals surface area contributed by atoms with Crippen LogP contribution in [0, 0.1) is 5.92 Å². The zero-order valence-corrected chi connectivity index (χ0v) is 24.8. The minimum Gasteiger partial charge on any atom is -0.382 e. The number of nitrogens with zero attached hydrogens (tertiary/aromatic N) is 7. The molecule has 1 N–H and O–H groups in total. The van der Waals surface area contributed by atoms with Gasteiger partial charge in [-0.1, -0.05) is 23.2 Å². The third-order valence-electron chi connectivity index (χ3n) is 8.07. The molecule has 2 aromatic carbocycles. The maximum Gasteiger partial charge on any atom is 0.230 e. The Balaban J connectivity index is 1.12. The molecule has 218 valence electrons. The van der Waals surface area contributed by atoms with Gasteiger partial charge in [-0.25, -0.2) is 4.68 Å². The third kappa shape index (κ3) is 7.55. The van der Waals surface area contributed by atoms with E-state index in [-0.39, 0.29) is 17.7 Å². The van der Waals surface area contributed by atoms with E-state index in [0.717, 1.165) is 56.0 Å².